The molecule has 4 rings (SSSR count). The molecule has 1 aromatic heterocycles. The highest BCUT2D eigenvalue weighted by Crippen LogP contribution is 2.17. The van der Waals surface area contributed by atoms with Crippen LogP contribution in [0.15, 0.2) is 67.0 Å². The molecular weight excluding hydrogens is 365 g/mol. The first-order chi connectivity index (χ1) is 14.3. The Morgan fingerprint density at radius 2 is 1.62 bits per heavy atom. The zero-order valence-electron chi connectivity index (χ0n) is 16.5. The Bertz CT molecular complexity index is 893. The van der Waals surface area contributed by atoms with Crippen LogP contribution in [0.2, 0.25) is 0 Å². The molecule has 3 aromatic rings. The number of hydrogen-bond acceptors (Lipinski definition) is 5. The molecule has 0 aliphatic carbocycles. The first kappa shape index (κ1) is 19.3. The molecule has 1 N–H and O–H groups in total. The molecule has 1 aliphatic rings. The number of nitrogens with one attached hydrogen (secondary N) is 1. The van der Waals surface area contributed by atoms with Crippen molar-refractivity contribution in [1.29, 1.82) is 0 Å². The number of nitrogens with zero attached hydrogens (tertiary/aromatic N) is 4. The number of hydrogen-bond donors (Lipinski definition) is 1. The van der Waals surface area contributed by atoms with Crippen molar-refractivity contribution in [2.75, 3.05) is 42.9 Å². The summed E-state index contributed by atoms with van der Waals surface area (Å²) in [5.41, 5.74) is 2.46. The highest BCUT2D eigenvalue weighted by atomic mass is 19.1. The molecule has 0 spiro atoms. The maximum absolute atomic E-state index is 13.0. The SMILES string of the molecule is Fc1ccc(CCNc2cc(N3CCN(Cc4ccccc4)CC3)ncn2)cc1. The summed E-state index contributed by atoms with van der Waals surface area (Å²) >= 11 is 0. The fraction of sp³-hybridized carbons (Fsp3) is 0.304. The fourth-order valence-electron chi connectivity index (χ4n) is 3.58. The second-order valence-corrected chi connectivity index (χ2v) is 7.31. The van der Waals surface area contributed by atoms with Crippen LogP contribution in [0.3, 0.4) is 0 Å². The second kappa shape index (κ2) is 9.47. The zero-order valence-corrected chi connectivity index (χ0v) is 16.5. The average molecular weight is 391 g/mol. The summed E-state index contributed by atoms with van der Waals surface area (Å²) in [5, 5.41) is 3.35. The van der Waals surface area contributed by atoms with E-state index in [2.05, 4.69) is 55.4 Å². The average Bonchev–Trinajstić information content (AvgIpc) is 2.77. The second-order valence-electron chi connectivity index (χ2n) is 7.31. The Kier molecular flexibility index (Phi) is 6.32. The van der Waals surface area contributed by atoms with Crippen molar-refractivity contribution >= 4 is 11.6 Å². The molecule has 0 atom stereocenters. The predicted molar refractivity (Wildman–Crippen MR) is 115 cm³/mol. The summed E-state index contributed by atoms with van der Waals surface area (Å²) in [7, 11) is 0. The molecule has 150 valence electrons. The van der Waals surface area contributed by atoms with Crippen LogP contribution < -0.4 is 10.2 Å². The van der Waals surface area contributed by atoms with E-state index < -0.39 is 0 Å². The van der Waals surface area contributed by atoms with Gasteiger partial charge >= 0.3 is 0 Å². The van der Waals surface area contributed by atoms with Crippen LogP contribution in [-0.2, 0) is 13.0 Å². The Hall–Kier alpha value is -2.99. The third-order valence-electron chi connectivity index (χ3n) is 5.23. The Labute approximate surface area is 171 Å². The first-order valence-electron chi connectivity index (χ1n) is 10.1. The van der Waals surface area contributed by atoms with Gasteiger partial charge in [0.1, 0.15) is 23.8 Å². The lowest BCUT2D eigenvalue weighted by atomic mass is 10.1. The minimum absolute atomic E-state index is 0.203. The molecule has 0 saturated carbocycles. The lowest BCUT2D eigenvalue weighted by molar-refractivity contribution is 0.249. The molecule has 0 amide bonds. The third-order valence-corrected chi connectivity index (χ3v) is 5.23. The summed E-state index contributed by atoms with van der Waals surface area (Å²) in [6.07, 6.45) is 2.43. The number of anilines is 2. The molecule has 0 bridgehead atoms. The molecule has 1 saturated heterocycles. The lowest BCUT2D eigenvalue weighted by Gasteiger charge is -2.35. The van der Waals surface area contributed by atoms with Gasteiger partial charge in [-0.05, 0) is 29.7 Å². The maximum atomic E-state index is 13.0. The van der Waals surface area contributed by atoms with Crippen molar-refractivity contribution in [2.45, 2.75) is 13.0 Å². The quantitative estimate of drug-likeness (QED) is 0.667. The van der Waals surface area contributed by atoms with Gasteiger partial charge in [-0.25, -0.2) is 14.4 Å². The minimum atomic E-state index is -0.203. The van der Waals surface area contributed by atoms with Crippen LogP contribution in [0.25, 0.3) is 0 Å². The van der Waals surface area contributed by atoms with Crippen molar-refractivity contribution in [3.05, 3.63) is 83.9 Å². The molecule has 2 aromatic carbocycles. The summed E-state index contributed by atoms with van der Waals surface area (Å²) in [4.78, 5) is 13.6. The number of rotatable bonds is 7. The first-order valence-corrected chi connectivity index (χ1v) is 10.1. The zero-order chi connectivity index (χ0) is 19.9. The number of piperazine rings is 1. The molecule has 0 radical (unpaired) electrons. The van der Waals surface area contributed by atoms with Crippen LogP contribution in [0.1, 0.15) is 11.1 Å². The third kappa shape index (κ3) is 5.51. The van der Waals surface area contributed by atoms with Crippen LogP contribution in [0.4, 0.5) is 16.0 Å². The highest BCUT2D eigenvalue weighted by molar-refractivity contribution is 5.48. The standard InChI is InChI=1S/C23H26FN5/c24-21-8-6-19(7-9-21)10-11-25-22-16-23(27-18-26-22)29-14-12-28(13-15-29)17-20-4-2-1-3-5-20/h1-9,16,18H,10-15,17H2,(H,25,26,27). The van der Waals surface area contributed by atoms with E-state index in [1.54, 1.807) is 6.33 Å². The summed E-state index contributed by atoms with van der Waals surface area (Å²) in [6.45, 7) is 5.69. The van der Waals surface area contributed by atoms with E-state index in [9.17, 15) is 4.39 Å². The molecule has 2 heterocycles. The molecule has 1 aliphatic heterocycles. The van der Waals surface area contributed by atoms with Gasteiger partial charge in [-0.15, -0.1) is 0 Å². The highest BCUT2D eigenvalue weighted by Gasteiger charge is 2.18. The van der Waals surface area contributed by atoms with Gasteiger partial charge in [-0.2, -0.15) is 0 Å². The Morgan fingerprint density at radius 3 is 2.38 bits per heavy atom. The van der Waals surface area contributed by atoms with Crippen molar-refractivity contribution in [3.63, 3.8) is 0 Å². The largest absolute Gasteiger partial charge is 0.370 e. The van der Waals surface area contributed by atoms with E-state index in [-0.39, 0.29) is 5.82 Å². The van der Waals surface area contributed by atoms with Gasteiger partial charge in [-0.1, -0.05) is 42.5 Å². The van der Waals surface area contributed by atoms with Gasteiger partial charge in [0.25, 0.3) is 0 Å². The lowest BCUT2D eigenvalue weighted by Crippen LogP contribution is -2.46. The summed E-state index contributed by atoms with van der Waals surface area (Å²) in [6, 6.07) is 19.2. The van der Waals surface area contributed by atoms with Crippen molar-refractivity contribution < 1.29 is 4.39 Å². The summed E-state index contributed by atoms with van der Waals surface area (Å²) < 4.78 is 13.0. The van der Waals surface area contributed by atoms with Crippen LogP contribution in [0, 0.1) is 5.82 Å². The van der Waals surface area contributed by atoms with Gasteiger partial charge in [0.05, 0.1) is 0 Å². The van der Waals surface area contributed by atoms with Crippen LogP contribution >= 0.6 is 0 Å². The van der Waals surface area contributed by atoms with Gasteiger partial charge in [0.15, 0.2) is 0 Å². The molecule has 1 fully saturated rings. The minimum Gasteiger partial charge on any atom is -0.370 e. The predicted octanol–water partition coefficient (Wildman–Crippen LogP) is 3.59. The molecular formula is C23H26FN5. The van der Waals surface area contributed by atoms with E-state index in [0.717, 1.165) is 62.9 Å². The smallest absolute Gasteiger partial charge is 0.134 e. The Morgan fingerprint density at radius 1 is 0.862 bits per heavy atom. The summed E-state index contributed by atoms with van der Waals surface area (Å²) in [5.74, 6) is 1.58. The van der Waals surface area contributed by atoms with Crippen LogP contribution in [0.5, 0.6) is 0 Å². The number of halogens is 1. The van der Waals surface area contributed by atoms with E-state index in [4.69, 9.17) is 0 Å². The van der Waals surface area contributed by atoms with Gasteiger partial charge < -0.3 is 10.2 Å². The molecule has 6 heteroatoms. The molecule has 29 heavy (non-hydrogen) atoms. The molecule has 5 nitrogen and oxygen atoms in total. The number of aromatic nitrogens is 2. The molecule has 0 unspecified atom stereocenters. The van der Waals surface area contributed by atoms with E-state index in [0.29, 0.717) is 0 Å². The Balaban J connectivity index is 1.27. The monoisotopic (exact) mass is 391 g/mol. The van der Waals surface area contributed by atoms with Gasteiger partial charge in [0.2, 0.25) is 0 Å². The van der Waals surface area contributed by atoms with Gasteiger partial charge in [-0.3, -0.25) is 4.90 Å². The van der Waals surface area contributed by atoms with E-state index in [1.165, 1.54) is 17.7 Å². The fourth-order valence-corrected chi connectivity index (χ4v) is 3.58. The van der Waals surface area contributed by atoms with Crippen molar-refractivity contribution in [2.24, 2.45) is 0 Å². The van der Waals surface area contributed by atoms with E-state index >= 15 is 0 Å². The van der Waals surface area contributed by atoms with Gasteiger partial charge in [0, 0.05) is 45.3 Å². The van der Waals surface area contributed by atoms with Crippen LogP contribution in [-0.4, -0.2) is 47.6 Å². The van der Waals surface area contributed by atoms with E-state index in [1.807, 2.05) is 18.2 Å². The van der Waals surface area contributed by atoms with Crippen molar-refractivity contribution in [1.82, 2.24) is 14.9 Å². The van der Waals surface area contributed by atoms with Crippen molar-refractivity contribution in [3.8, 4) is 0 Å². The topological polar surface area (TPSA) is 44.3 Å². The maximum Gasteiger partial charge on any atom is 0.134 e. The normalized spacial score (nSPS) is 14.7. The number of benzene rings is 2.